The molecule has 0 radical (unpaired) electrons. The molecule has 0 fully saturated rings. The van der Waals surface area contributed by atoms with Gasteiger partial charge in [0, 0.05) is 17.1 Å². The van der Waals surface area contributed by atoms with E-state index in [0.29, 0.717) is 11.8 Å². The summed E-state index contributed by atoms with van der Waals surface area (Å²) in [5.41, 5.74) is 1.64. The van der Waals surface area contributed by atoms with Crippen molar-refractivity contribution >= 4 is 28.4 Å². The molecule has 6 heteroatoms. The first-order valence-corrected chi connectivity index (χ1v) is 7.10. The average molecular weight is 294 g/mol. The van der Waals surface area contributed by atoms with Crippen LogP contribution in [-0.2, 0) is 0 Å². The third-order valence-electron chi connectivity index (χ3n) is 2.94. The van der Waals surface area contributed by atoms with Gasteiger partial charge in [0.1, 0.15) is 0 Å². The maximum absolute atomic E-state index is 4.44. The predicted molar refractivity (Wildman–Crippen MR) is 88.2 cm³/mol. The van der Waals surface area contributed by atoms with Crippen molar-refractivity contribution in [3.63, 3.8) is 0 Å². The average Bonchev–Trinajstić information content (AvgIpc) is 2.46. The van der Waals surface area contributed by atoms with E-state index in [9.17, 15) is 0 Å². The van der Waals surface area contributed by atoms with Crippen LogP contribution in [0.2, 0.25) is 0 Å². The van der Waals surface area contributed by atoms with Crippen LogP contribution >= 0.6 is 0 Å². The highest BCUT2D eigenvalue weighted by Crippen LogP contribution is 2.23. The second-order valence-electron chi connectivity index (χ2n) is 6.05. The van der Waals surface area contributed by atoms with Crippen LogP contribution in [0.5, 0.6) is 0 Å². The van der Waals surface area contributed by atoms with E-state index in [1.807, 2.05) is 30.3 Å². The first-order chi connectivity index (χ1) is 10.5. The van der Waals surface area contributed by atoms with E-state index >= 15 is 0 Å². The molecule has 0 aliphatic heterocycles. The van der Waals surface area contributed by atoms with E-state index < -0.39 is 0 Å². The van der Waals surface area contributed by atoms with Gasteiger partial charge in [0.2, 0.25) is 5.95 Å². The Labute approximate surface area is 129 Å². The Balaban J connectivity index is 1.91. The summed E-state index contributed by atoms with van der Waals surface area (Å²) in [6.07, 6.45) is 3.38. The number of fused-ring (bicyclic) bond motifs is 1. The number of para-hydroxylation sites is 1. The van der Waals surface area contributed by atoms with Gasteiger partial charge >= 0.3 is 0 Å². The zero-order valence-electron chi connectivity index (χ0n) is 12.8. The summed E-state index contributed by atoms with van der Waals surface area (Å²) >= 11 is 0. The molecule has 0 amide bonds. The van der Waals surface area contributed by atoms with E-state index in [1.54, 1.807) is 12.4 Å². The van der Waals surface area contributed by atoms with E-state index in [0.717, 1.165) is 16.6 Å². The molecule has 0 aliphatic carbocycles. The topological polar surface area (TPSA) is 75.6 Å². The molecule has 2 heterocycles. The predicted octanol–water partition coefficient (Wildman–Crippen LogP) is 3.37. The Hall–Kier alpha value is -2.76. The van der Waals surface area contributed by atoms with Crippen LogP contribution in [0.15, 0.2) is 42.7 Å². The lowest BCUT2D eigenvalue weighted by atomic mass is 10.1. The zero-order chi connectivity index (χ0) is 15.6. The van der Waals surface area contributed by atoms with Gasteiger partial charge in [-0.05, 0) is 32.9 Å². The van der Waals surface area contributed by atoms with Gasteiger partial charge < -0.3 is 10.6 Å². The van der Waals surface area contributed by atoms with Crippen molar-refractivity contribution in [1.82, 2.24) is 20.2 Å². The molecule has 112 valence electrons. The minimum absolute atomic E-state index is 0.0890. The summed E-state index contributed by atoms with van der Waals surface area (Å²) in [6.45, 7) is 6.20. The Kier molecular flexibility index (Phi) is 3.58. The smallest absolute Gasteiger partial charge is 0.249 e. The number of aromatic nitrogens is 4. The standard InChI is InChI=1S/C16H18N6/c1-16(2,3)21-13-10-18-22-15(20-13)19-12-8-4-6-11-7-5-9-17-14(11)12/h4-10H,1-3H3,(H2,19,20,21,22). The second-order valence-corrected chi connectivity index (χ2v) is 6.05. The van der Waals surface area contributed by atoms with Gasteiger partial charge in [-0.2, -0.15) is 10.1 Å². The molecule has 6 nitrogen and oxygen atoms in total. The van der Waals surface area contributed by atoms with Crippen molar-refractivity contribution in [3.05, 3.63) is 42.7 Å². The molecule has 2 N–H and O–H groups in total. The highest BCUT2D eigenvalue weighted by atomic mass is 15.3. The number of rotatable bonds is 3. The molecule has 22 heavy (non-hydrogen) atoms. The van der Waals surface area contributed by atoms with Crippen molar-refractivity contribution in [3.8, 4) is 0 Å². The molecule has 2 aromatic heterocycles. The highest BCUT2D eigenvalue weighted by molar-refractivity contribution is 5.91. The quantitative estimate of drug-likeness (QED) is 0.771. The van der Waals surface area contributed by atoms with Crippen LogP contribution < -0.4 is 10.6 Å². The number of pyridine rings is 1. The Morgan fingerprint density at radius 2 is 1.86 bits per heavy atom. The maximum Gasteiger partial charge on any atom is 0.249 e. The molecule has 0 spiro atoms. The van der Waals surface area contributed by atoms with Gasteiger partial charge in [0.05, 0.1) is 17.4 Å². The number of benzene rings is 1. The lowest BCUT2D eigenvalue weighted by Crippen LogP contribution is -2.27. The van der Waals surface area contributed by atoms with Gasteiger partial charge in [-0.3, -0.25) is 4.98 Å². The minimum atomic E-state index is -0.0890. The molecule has 0 atom stereocenters. The third kappa shape index (κ3) is 3.28. The van der Waals surface area contributed by atoms with Crippen LogP contribution in [0.1, 0.15) is 20.8 Å². The zero-order valence-corrected chi connectivity index (χ0v) is 12.8. The van der Waals surface area contributed by atoms with Crippen LogP contribution in [0.4, 0.5) is 17.5 Å². The Morgan fingerprint density at radius 1 is 1.05 bits per heavy atom. The fraction of sp³-hybridized carbons (Fsp3) is 0.250. The summed E-state index contributed by atoms with van der Waals surface area (Å²) in [6, 6.07) is 9.87. The van der Waals surface area contributed by atoms with Crippen molar-refractivity contribution in [2.24, 2.45) is 0 Å². The second kappa shape index (κ2) is 5.55. The van der Waals surface area contributed by atoms with Crippen molar-refractivity contribution in [2.45, 2.75) is 26.3 Å². The third-order valence-corrected chi connectivity index (χ3v) is 2.94. The molecule has 3 aromatic rings. The number of anilines is 3. The van der Waals surface area contributed by atoms with Gasteiger partial charge in [0.15, 0.2) is 5.82 Å². The molecule has 0 unspecified atom stereocenters. The first kappa shape index (κ1) is 14.2. The lowest BCUT2D eigenvalue weighted by Gasteiger charge is -2.20. The van der Waals surface area contributed by atoms with Crippen LogP contribution in [0.3, 0.4) is 0 Å². The number of hydrogen-bond acceptors (Lipinski definition) is 6. The Bertz CT molecular complexity index is 788. The lowest BCUT2D eigenvalue weighted by molar-refractivity contribution is 0.629. The van der Waals surface area contributed by atoms with Crippen molar-refractivity contribution in [2.75, 3.05) is 10.6 Å². The molecule has 0 bridgehead atoms. The van der Waals surface area contributed by atoms with Crippen LogP contribution in [-0.4, -0.2) is 25.7 Å². The van der Waals surface area contributed by atoms with Crippen LogP contribution in [0.25, 0.3) is 10.9 Å². The number of nitrogens with one attached hydrogen (secondary N) is 2. The Morgan fingerprint density at radius 3 is 2.68 bits per heavy atom. The minimum Gasteiger partial charge on any atom is -0.364 e. The van der Waals surface area contributed by atoms with Gasteiger partial charge in [-0.15, -0.1) is 5.10 Å². The molecule has 3 rings (SSSR count). The molecule has 0 aliphatic rings. The largest absolute Gasteiger partial charge is 0.364 e. The fourth-order valence-corrected chi connectivity index (χ4v) is 2.13. The molecular weight excluding hydrogens is 276 g/mol. The SMILES string of the molecule is CC(C)(C)Nc1cnnc(Nc2cccc3cccnc23)n1. The molecule has 1 aromatic carbocycles. The van der Waals surface area contributed by atoms with E-state index in [2.05, 4.69) is 51.6 Å². The number of nitrogens with zero attached hydrogens (tertiary/aromatic N) is 4. The molecule has 0 saturated carbocycles. The summed E-state index contributed by atoms with van der Waals surface area (Å²) in [4.78, 5) is 8.84. The monoisotopic (exact) mass is 294 g/mol. The molecule has 0 saturated heterocycles. The summed E-state index contributed by atoms with van der Waals surface area (Å²) in [7, 11) is 0. The van der Waals surface area contributed by atoms with Crippen LogP contribution in [0, 0.1) is 0 Å². The fourth-order valence-electron chi connectivity index (χ4n) is 2.13. The summed E-state index contributed by atoms with van der Waals surface area (Å²) < 4.78 is 0. The maximum atomic E-state index is 4.44. The van der Waals surface area contributed by atoms with E-state index in [1.165, 1.54) is 0 Å². The van der Waals surface area contributed by atoms with Crippen molar-refractivity contribution < 1.29 is 0 Å². The van der Waals surface area contributed by atoms with E-state index in [4.69, 9.17) is 0 Å². The highest BCUT2D eigenvalue weighted by Gasteiger charge is 2.11. The summed E-state index contributed by atoms with van der Waals surface area (Å²) in [5, 5.41) is 15.5. The van der Waals surface area contributed by atoms with E-state index in [-0.39, 0.29) is 5.54 Å². The molecular formula is C16H18N6. The number of hydrogen-bond donors (Lipinski definition) is 2. The first-order valence-electron chi connectivity index (χ1n) is 7.10. The van der Waals surface area contributed by atoms with Gasteiger partial charge in [-0.1, -0.05) is 18.2 Å². The normalized spacial score (nSPS) is 11.4. The van der Waals surface area contributed by atoms with Gasteiger partial charge in [-0.25, -0.2) is 0 Å². The van der Waals surface area contributed by atoms with Crippen molar-refractivity contribution in [1.29, 1.82) is 0 Å². The summed E-state index contributed by atoms with van der Waals surface area (Å²) in [5.74, 6) is 1.12. The van der Waals surface area contributed by atoms with Gasteiger partial charge in [0.25, 0.3) is 0 Å².